The topological polar surface area (TPSA) is 38.0 Å². The average Bonchev–Trinajstić information content (AvgIpc) is 2.84. The lowest BCUT2D eigenvalue weighted by atomic mass is 10.0. The van der Waals surface area contributed by atoms with Gasteiger partial charge >= 0.3 is 0 Å². The van der Waals surface area contributed by atoms with Crippen LogP contribution in [-0.2, 0) is 19.4 Å². The molecule has 0 spiro atoms. The van der Waals surface area contributed by atoms with Gasteiger partial charge in [0.1, 0.15) is 5.82 Å². The van der Waals surface area contributed by atoms with Gasteiger partial charge in [0.2, 0.25) is 0 Å². The number of aryl methyl sites for hydroxylation is 3. The summed E-state index contributed by atoms with van der Waals surface area (Å²) in [5.74, 6) is 0.989. The summed E-state index contributed by atoms with van der Waals surface area (Å²) in [5, 5.41) is 10.2. The zero-order valence-corrected chi connectivity index (χ0v) is 12.4. The van der Waals surface area contributed by atoms with E-state index in [9.17, 15) is 5.11 Å². The number of aromatic nitrogens is 2. The van der Waals surface area contributed by atoms with Crippen LogP contribution in [-0.4, -0.2) is 20.8 Å². The van der Waals surface area contributed by atoms with Gasteiger partial charge in [-0.25, -0.2) is 4.98 Å². The van der Waals surface area contributed by atoms with Crippen molar-refractivity contribution in [1.82, 2.24) is 9.55 Å². The van der Waals surface area contributed by atoms with Gasteiger partial charge in [-0.1, -0.05) is 36.8 Å². The van der Waals surface area contributed by atoms with Crippen LogP contribution in [0.4, 0.5) is 0 Å². The van der Waals surface area contributed by atoms with E-state index in [1.165, 1.54) is 11.1 Å². The molecule has 1 unspecified atom stereocenters. The van der Waals surface area contributed by atoms with E-state index < -0.39 is 0 Å². The van der Waals surface area contributed by atoms with Crippen molar-refractivity contribution < 1.29 is 5.11 Å². The number of hydrogen-bond donors (Lipinski definition) is 1. The minimum Gasteiger partial charge on any atom is -0.393 e. The molecule has 0 aliphatic heterocycles. The number of nitrogens with zero attached hydrogens (tertiary/aromatic N) is 2. The van der Waals surface area contributed by atoms with E-state index in [-0.39, 0.29) is 6.10 Å². The molecule has 0 fully saturated rings. The predicted octanol–water partition coefficient (Wildman–Crippen LogP) is 3.14. The van der Waals surface area contributed by atoms with Crippen molar-refractivity contribution in [3.8, 4) is 0 Å². The molecular weight excluding hydrogens is 248 g/mol. The second-order valence-electron chi connectivity index (χ2n) is 5.42. The highest BCUT2D eigenvalue weighted by Gasteiger charge is 2.10. The Kier molecular flexibility index (Phi) is 5.36. The van der Waals surface area contributed by atoms with Crippen molar-refractivity contribution in [2.75, 3.05) is 0 Å². The second-order valence-corrected chi connectivity index (χ2v) is 5.42. The highest BCUT2D eigenvalue weighted by molar-refractivity contribution is 5.22. The Labute approximate surface area is 121 Å². The summed E-state index contributed by atoms with van der Waals surface area (Å²) in [6, 6.07) is 8.48. The van der Waals surface area contributed by atoms with Crippen molar-refractivity contribution in [3.63, 3.8) is 0 Å². The zero-order valence-electron chi connectivity index (χ0n) is 12.4. The Morgan fingerprint density at radius 2 is 2.20 bits per heavy atom. The summed E-state index contributed by atoms with van der Waals surface area (Å²) in [5.41, 5.74) is 2.57. The zero-order chi connectivity index (χ0) is 14.4. The minimum absolute atomic E-state index is 0.325. The van der Waals surface area contributed by atoms with E-state index >= 15 is 0 Å². The standard InChI is InChI=1S/C17H24N2O/c1-3-10-19-11-9-18-17(19)13-16(20)8-7-15-6-4-5-14(2)12-15/h4-6,9,11-12,16,20H,3,7-8,10,13H2,1-2H3. The van der Waals surface area contributed by atoms with Crippen molar-refractivity contribution >= 4 is 0 Å². The Morgan fingerprint density at radius 3 is 2.95 bits per heavy atom. The van der Waals surface area contributed by atoms with Gasteiger partial charge in [0.25, 0.3) is 0 Å². The molecule has 0 bridgehead atoms. The normalized spacial score (nSPS) is 12.6. The van der Waals surface area contributed by atoms with Crippen LogP contribution in [0.3, 0.4) is 0 Å². The summed E-state index contributed by atoms with van der Waals surface area (Å²) in [7, 11) is 0. The van der Waals surface area contributed by atoms with Crippen molar-refractivity contribution in [2.24, 2.45) is 0 Å². The first kappa shape index (κ1) is 14.8. The van der Waals surface area contributed by atoms with E-state index in [2.05, 4.69) is 47.7 Å². The SMILES string of the molecule is CCCn1ccnc1CC(O)CCc1cccc(C)c1. The lowest BCUT2D eigenvalue weighted by Crippen LogP contribution is -2.15. The molecule has 20 heavy (non-hydrogen) atoms. The lowest BCUT2D eigenvalue weighted by molar-refractivity contribution is 0.161. The molecule has 3 heteroatoms. The molecule has 1 atom stereocenters. The van der Waals surface area contributed by atoms with Gasteiger partial charge in [-0.2, -0.15) is 0 Å². The van der Waals surface area contributed by atoms with Gasteiger partial charge in [-0.05, 0) is 31.7 Å². The van der Waals surface area contributed by atoms with Crippen LogP contribution in [0.5, 0.6) is 0 Å². The van der Waals surface area contributed by atoms with Crippen LogP contribution in [0.1, 0.15) is 36.7 Å². The Hall–Kier alpha value is -1.61. The number of benzene rings is 1. The van der Waals surface area contributed by atoms with Crippen LogP contribution >= 0.6 is 0 Å². The van der Waals surface area contributed by atoms with Gasteiger partial charge in [-0.15, -0.1) is 0 Å². The summed E-state index contributed by atoms with van der Waals surface area (Å²) in [4.78, 5) is 4.35. The van der Waals surface area contributed by atoms with Crippen LogP contribution < -0.4 is 0 Å². The molecule has 0 radical (unpaired) electrons. The summed E-state index contributed by atoms with van der Waals surface area (Å²) >= 11 is 0. The van der Waals surface area contributed by atoms with Gasteiger partial charge in [0, 0.05) is 25.4 Å². The molecule has 0 saturated carbocycles. The third-order valence-corrected chi connectivity index (χ3v) is 3.53. The van der Waals surface area contributed by atoms with Crippen molar-refractivity contribution in [3.05, 3.63) is 53.6 Å². The fraction of sp³-hybridized carbons (Fsp3) is 0.471. The van der Waals surface area contributed by atoms with E-state index in [0.717, 1.165) is 31.6 Å². The number of imidazole rings is 1. The smallest absolute Gasteiger partial charge is 0.111 e. The molecule has 1 heterocycles. The van der Waals surface area contributed by atoms with E-state index in [1.807, 2.05) is 12.4 Å². The monoisotopic (exact) mass is 272 g/mol. The molecule has 0 aliphatic carbocycles. The maximum absolute atomic E-state index is 10.2. The molecule has 2 rings (SSSR count). The molecule has 0 aliphatic rings. The predicted molar refractivity (Wildman–Crippen MR) is 81.7 cm³/mol. The Morgan fingerprint density at radius 1 is 1.35 bits per heavy atom. The molecule has 2 aromatic rings. The molecule has 0 saturated heterocycles. The highest BCUT2D eigenvalue weighted by atomic mass is 16.3. The minimum atomic E-state index is -0.325. The second kappa shape index (κ2) is 7.25. The van der Waals surface area contributed by atoms with Crippen LogP contribution in [0, 0.1) is 6.92 Å². The van der Waals surface area contributed by atoms with E-state index in [0.29, 0.717) is 6.42 Å². The molecule has 0 amide bonds. The van der Waals surface area contributed by atoms with Crippen LogP contribution in [0.15, 0.2) is 36.7 Å². The van der Waals surface area contributed by atoms with Crippen molar-refractivity contribution in [1.29, 1.82) is 0 Å². The Bertz CT molecular complexity index is 533. The van der Waals surface area contributed by atoms with Gasteiger partial charge < -0.3 is 9.67 Å². The maximum atomic E-state index is 10.2. The molecule has 1 aromatic heterocycles. The fourth-order valence-corrected chi connectivity index (χ4v) is 2.49. The first-order valence-corrected chi connectivity index (χ1v) is 7.42. The van der Waals surface area contributed by atoms with Crippen molar-refractivity contribution in [2.45, 2.75) is 52.2 Å². The molecular formula is C17H24N2O. The summed E-state index contributed by atoms with van der Waals surface area (Å²) in [6.45, 7) is 5.22. The van der Waals surface area contributed by atoms with Crippen LogP contribution in [0.2, 0.25) is 0 Å². The van der Waals surface area contributed by atoms with Gasteiger partial charge in [0.05, 0.1) is 6.10 Å². The number of aliphatic hydroxyl groups excluding tert-OH is 1. The lowest BCUT2D eigenvalue weighted by Gasteiger charge is -2.12. The fourth-order valence-electron chi connectivity index (χ4n) is 2.49. The first-order chi connectivity index (χ1) is 9.69. The maximum Gasteiger partial charge on any atom is 0.111 e. The Balaban J connectivity index is 1.86. The van der Waals surface area contributed by atoms with Crippen LogP contribution in [0.25, 0.3) is 0 Å². The molecule has 1 aromatic carbocycles. The van der Waals surface area contributed by atoms with E-state index in [4.69, 9.17) is 0 Å². The van der Waals surface area contributed by atoms with Gasteiger partial charge in [-0.3, -0.25) is 0 Å². The summed E-state index contributed by atoms with van der Waals surface area (Å²) in [6.07, 6.45) is 6.90. The third kappa shape index (κ3) is 4.20. The first-order valence-electron chi connectivity index (χ1n) is 7.42. The quantitative estimate of drug-likeness (QED) is 0.841. The molecule has 1 N–H and O–H groups in total. The largest absolute Gasteiger partial charge is 0.393 e. The number of hydrogen-bond acceptors (Lipinski definition) is 2. The average molecular weight is 272 g/mol. The highest BCUT2D eigenvalue weighted by Crippen LogP contribution is 2.11. The summed E-state index contributed by atoms with van der Waals surface area (Å²) < 4.78 is 2.13. The van der Waals surface area contributed by atoms with E-state index in [1.54, 1.807) is 0 Å². The number of rotatable bonds is 7. The molecule has 108 valence electrons. The molecule has 3 nitrogen and oxygen atoms in total. The number of aliphatic hydroxyl groups is 1. The van der Waals surface area contributed by atoms with Gasteiger partial charge in [0.15, 0.2) is 0 Å². The third-order valence-electron chi connectivity index (χ3n) is 3.53.